The van der Waals surface area contributed by atoms with Gasteiger partial charge < -0.3 is 14.4 Å². The van der Waals surface area contributed by atoms with Crippen molar-refractivity contribution in [1.29, 1.82) is 0 Å². The van der Waals surface area contributed by atoms with Crippen LogP contribution in [-0.2, 0) is 24.4 Å². The zero-order valence-corrected chi connectivity index (χ0v) is 19.7. The van der Waals surface area contributed by atoms with Crippen LogP contribution >= 0.6 is 0 Å². The van der Waals surface area contributed by atoms with E-state index in [2.05, 4.69) is 0 Å². The molecule has 0 unspecified atom stereocenters. The van der Waals surface area contributed by atoms with E-state index in [0.29, 0.717) is 28.0 Å². The highest BCUT2D eigenvalue weighted by atomic mass is 16.6. The van der Waals surface area contributed by atoms with E-state index in [1.807, 2.05) is 18.4 Å². The summed E-state index contributed by atoms with van der Waals surface area (Å²) in [6.45, 7) is 4.15. The number of benzene rings is 2. The number of hydrogen-bond acceptors (Lipinski definition) is 6. The molecular formula is C25H24N4O6. The first-order valence-corrected chi connectivity index (χ1v) is 11.0. The predicted octanol–water partition coefficient (Wildman–Crippen LogP) is 3.17. The summed E-state index contributed by atoms with van der Waals surface area (Å²) >= 11 is 0. The first kappa shape index (κ1) is 22.6. The van der Waals surface area contributed by atoms with Crippen LogP contribution in [0.3, 0.4) is 0 Å². The minimum absolute atomic E-state index is 0.0575. The summed E-state index contributed by atoms with van der Waals surface area (Å²) in [5, 5.41) is 21.9. The Morgan fingerprint density at radius 2 is 1.80 bits per heavy atom. The van der Waals surface area contributed by atoms with E-state index in [1.165, 1.54) is 23.7 Å². The fourth-order valence-electron chi connectivity index (χ4n) is 4.98. The van der Waals surface area contributed by atoms with Gasteiger partial charge in [0.05, 0.1) is 39.4 Å². The Labute approximate surface area is 199 Å². The quantitative estimate of drug-likeness (QED) is 0.358. The van der Waals surface area contributed by atoms with Crippen molar-refractivity contribution in [3.05, 3.63) is 90.7 Å². The van der Waals surface area contributed by atoms with Gasteiger partial charge in [-0.1, -0.05) is 24.3 Å². The van der Waals surface area contributed by atoms with Gasteiger partial charge >= 0.3 is 5.69 Å². The third-order valence-corrected chi connectivity index (χ3v) is 6.57. The maximum atomic E-state index is 13.6. The van der Waals surface area contributed by atoms with Crippen molar-refractivity contribution in [2.45, 2.75) is 25.5 Å². The van der Waals surface area contributed by atoms with Crippen molar-refractivity contribution in [1.82, 2.24) is 13.7 Å². The molecule has 4 aromatic rings. The highest BCUT2D eigenvalue weighted by Gasteiger charge is 2.41. The lowest BCUT2D eigenvalue weighted by Gasteiger charge is -2.39. The van der Waals surface area contributed by atoms with Gasteiger partial charge in [-0.2, -0.15) is 0 Å². The van der Waals surface area contributed by atoms with Gasteiger partial charge in [0, 0.05) is 31.8 Å². The molecule has 0 spiro atoms. The molecular weight excluding hydrogens is 452 g/mol. The molecule has 180 valence electrons. The summed E-state index contributed by atoms with van der Waals surface area (Å²) in [4.78, 5) is 37.6. The number of phenols is 1. The molecule has 0 amide bonds. The van der Waals surface area contributed by atoms with Gasteiger partial charge in [-0.05, 0) is 31.5 Å². The second-order valence-electron chi connectivity index (χ2n) is 9.40. The first-order valence-electron chi connectivity index (χ1n) is 11.0. The second kappa shape index (κ2) is 7.67. The zero-order chi connectivity index (χ0) is 25.2. The summed E-state index contributed by atoms with van der Waals surface area (Å²) in [5.41, 5.74) is 0.798. The molecule has 5 rings (SSSR count). The SMILES string of the molecule is Cn1c(=O)c2c(-c3cccc([N+](=O)[O-])c3)n3c(c2n(C)c1=O)[C@H](c1cccc(O)c1)OCC3(C)C. The van der Waals surface area contributed by atoms with Crippen LogP contribution in [0.5, 0.6) is 5.75 Å². The van der Waals surface area contributed by atoms with E-state index < -0.39 is 27.8 Å². The summed E-state index contributed by atoms with van der Waals surface area (Å²) in [7, 11) is 3.00. The number of rotatable bonds is 3. The van der Waals surface area contributed by atoms with Crippen LogP contribution in [0.25, 0.3) is 22.2 Å². The molecule has 1 aliphatic heterocycles. The highest BCUT2D eigenvalue weighted by Crippen LogP contribution is 2.46. The predicted molar refractivity (Wildman–Crippen MR) is 130 cm³/mol. The molecule has 1 aliphatic rings. The van der Waals surface area contributed by atoms with E-state index in [0.717, 1.165) is 4.57 Å². The Hall–Kier alpha value is -4.18. The molecule has 0 saturated carbocycles. The molecule has 0 saturated heterocycles. The van der Waals surface area contributed by atoms with Gasteiger partial charge in [-0.15, -0.1) is 0 Å². The standard InChI is InChI=1S/C25H24N4O6/c1-25(2)13-35-22(15-8-6-10-17(30)12-15)21-20-18(23(31)27(4)24(32)26(20)3)19(28(21)25)14-7-5-9-16(11-14)29(33)34/h5-12,22,30H,13H2,1-4H3/t22-/m0/s1. The molecule has 35 heavy (non-hydrogen) atoms. The lowest BCUT2D eigenvalue weighted by Crippen LogP contribution is -2.40. The van der Waals surface area contributed by atoms with Crippen LogP contribution in [0.1, 0.15) is 31.2 Å². The maximum absolute atomic E-state index is 13.6. The van der Waals surface area contributed by atoms with Crippen molar-refractivity contribution in [2.24, 2.45) is 14.1 Å². The van der Waals surface area contributed by atoms with Crippen molar-refractivity contribution in [3.8, 4) is 17.0 Å². The Morgan fingerprint density at radius 3 is 2.49 bits per heavy atom. The summed E-state index contributed by atoms with van der Waals surface area (Å²) < 4.78 is 10.7. The van der Waals surface area contributed by atoms with Gasteiger partial charge in [0.2, 0.25) is 0 Å². The topological polar surface area (TPSA) is 122 Å². The Kier molecular flexibility index (Phi) is 4.95. The molecule has 0 fully saturated rings. The molecule has 1 N–H and O–H groups in total. The number of nitro groups is 1. The number of fused-ring (bicyclic) bond motifs is 3. The molecule has 10 nitrogen and oxygen atoms in total. The van der Waals surface area contributed by atoms with Crippen LogP contribution < -0.4 is 11.2 Å². The monoisotopic (exact) mass is 476 g/mol. The number of aromatic nitrogens is 3. The van der Waals surface area contributed by atoms with E-state index in [-0.39, 0.29) is 23.4 Å². The summed E-state index contributed by atoms with van der Waals surface area (Å²) in [6, 6.07) is 12.7. The molecule has 10 heteroatoms. The minimum Gasteiger partial charge on any atom is -0.508 e. The van der Waals surface area contributed by atoms with Crippen LogP contribution in [-0.4, -0.2) is 30.3 Å². The lowest BCUT2D eigenvalue weighted by atomic mass is 9.98. The number of nitro benzene ring substituents is 1. The number of ether oxygens (including phenoxy) is 1. The Balaban J connectivity index is 2.01. The average Bonchev–Trinajstić information content (AvgIpc) is 3.19. The van der Waals surface area contributed by atoms with Gasteiger partial charge in [-0.25, -0.2) is 4.79 Å². The highest BCUT2D eigenvalue weighted by molar-refractivity contribution is 5.97. The van der Waals surface area contributed by atoms with Crippen molar-refractivity contribution in [2.75, 3.05) is 6.61 Å². The average molecular weight is 476 g/mol. The van der Waals surface area contributed by atoms with Crippen LogP contribution in [0.15, 0.2) is 58.1 Å². The minimum atomic E-state index is -0.692. The van der Waals surface area contributed by atoms with Crippen LogP contribution in [0.4, 0.5) is 5.69 Å². The van der Waals surface area contributed by atoms with Gasteiger partial charge in [0.15, 0.2) is 0 Å². The van der Waals surface area contributed by atoms with Crippen LogP contribution in [0.2, 0.25) is 0 Å². The fourth-order valence-corrected chi connectivity index (χ4v) is 4.98. The first-order chi connectivity index (χ1) is 16.5. The molecule has 3 heterocycles. The summed E-state index contributed by atoms with van der Waals surface area (Å²) in [5.74, 6) is 0.0575. The number of phenolic OH excluding ortho intramolecular Hbond substituents is 1. The molecule has 1 atom stereocenters. The number of nitrogens with zero attached hydrogens (tertiary/aromatic N) is 4. The van der Waals surface area contributed by atoms with Gasteiger partial charge in [-0.3, -0.25) is 24.0 Å². The lowest BCUT2D eigenvalue weighted by molar-refractivity contribution is -0.384. The Bertz CT molecular complexity index is 1640. The zero-order valence-electron chi connectivity index (χ0n) is 19.7. The number of non-ortho nitro benzene ring substituents is 1. The number of hydrogen-bond donors (Lipinski definition) is 1. The molecule has 2 aromatic carbocycles. The largest absolute Gasteiger partial charge is 0.508 e. The molecule has 0 aliphatic carbocycles. The van der Waals surface area contributed by atoms with Crippen molar-refractivity contribution in [3.63, 3.8) is 0 Å². The molecule has 0 bridgehead atoms. The molecule has 2 aromatic heterocycles. The van der Waals surface area contributed by atoms with E-state index in [1.54, 1.807) is 43.4 Å². The van der Waals surface area contributed by atoms with Crippen molar-refractivity contribution < 1.29 is 14.8 Å². The second-order valence-corrected chi connectivity index (χ2v) is 9.40. The maximum Gasteiger partial charge on any atom is 0.331 e. The molecule has 0 radical (unpaired) electrons. The van der Waals surface area contributed by atoms with Gasteiger partial charge in [0.25, 0.3) is 11.2 Å². The smallest absolute Gasteiger partial charge is 0.331 e. The third kappa shape index (κ3) is 3.28. The number of aryl methyl sites for hydroxylation is 1. The fraction of sp³-hybridized carbons (Fsp3) is 0.280. The van der Waals surface area contributed by atoms with Crippen LogP contribution in [0, 0.1) is 10.1 Å². The third-order valence-electron chi connectivity index (χ3n) is 6.57. The number of aromatic hydroxyl groups is 1. The summed E-state index contributed by atoms with van der Waals surface area (Å²) in [6.07, 6.45) is -0.692. The van der Waals surface area contributed by atoms with E-state index in [4.69, 9.17) is 4.74 Å². The van der Waals surface area contributed by atoms with Crippen molar-refractivity contribution >= 4 is 16.6 Å². The Morgan fingerprint density at radius 1 is 1.09 bits per heavy atom. The van der Waals surface area contributed by atoms with E-state index >= 15 is 0 Å². The normalized spacial score (nSPS) is 16.9. The van der Waals surface area contributed by atoms with E-state index in [9.17, 15) is 24.8 Å². The van der Waals surface area contributed by atoms with Gasteiger partial charge in [0.1, 0.15) is 11.9 Å².